The van der Waals surface area contributed by atoms with Crippen LogP contribution in [-0.2, 0) is 11.3 Å². The van der Waals surface area contributed by atoms with E-state index in [0.29, 0.717) is 12.5 Å². The minimum absolute atomic E-state index is 0.252. The Morgan fingerprint density at radius 1 is 1.33 bits per heavy atom. The molecule has 1 aromatic carbocycles. The summed E-state index contributed by atoms with van der Waals surface area (Å²) < 4.78 is 5.66. The molecule has 116 valence electrons. The molecule has 0 saturated carbocycles. The average molecular weight is 290 g/mol. The van der Waals surface area contributed by atoms with Gasteiger partial charge in [-0.3, -0.25) is 4.79 Å². The van der Waals surface area contributed by atoms with Crippen molar-refractivity contribution in [3.63, 3.8) is 0 Å². The summed E-state index contributed by atoms with van der Waals surface area (Å²) in [6.45, 7) is 4.59. The second kappa shape index (κ2) is 8.03. The van der Waals surface area contributed by atoms with Crippen molar-refractivity contribution >= 4 is 5.91 Å². The lowest BCUT2D eigenvalue weighted by Crippen LogP contribution is -2.46. The highest BCUT2D eigenvalue weighted by Gasteiger charge is 2.21. The van der Waals surface area contributed by atoms with Crippen LogP contribution in [-0.4, -0.2) is 37.0 Å². The van der Waals surface area contributed by atoms with Crippen LogP contribution in [0.2, 0.25) is 0 Å². The van der Waals surface area contributed by atoms with E-state index >= 15 is 0 Å². The Hall–Kier alpha value is -1.55. The van der Waals surface area contributed by atoms with E-state index in [2.05, 4.69) is 24.4 Å². The number of ether oxygens (including phenoxy) is 1. The summed E-state index contributed by atoms with van der Waals surface area (Å²) in [6, 6.07) is 8.66. The molecule has 2 rings (SSSR count). The molecule has 0 bridgehead atoms. The molecule has 1 aliphatic rings. The number of carbonyl (C=O) groups excluding carboxylic acids is 1. The standard InChI is InChI=1S/C17H26N2O2/c1-3-4-11-21-16-8-5-14(6-9-16)12-18-15-7-10-17(20)19(2)13-15/h5-6,8-9,15,18H,3-4,7,10-13H2,1-2H3. The summed E-state index contributed by atoms with van der Waals surface area (Å²) in [5.41, 5.74) is 1.25. The molecule has 1 amide bonds. The van der Waals surface area contributed by atoms with E-state index in [1.165, 1.54) is 5.56 Å². The van der Waals surface area contributed by atoms with Crippen LogP contribution < -0.4 is 10.1 Å². The predicted octanol–water partition coefficient (Wildman–Crippen LogP) is 2.58. The van der Waals surface area contributed by atoms with Gasteiger partial charge in [-0.15, -0.1) is 0 Å². The molecule has 1 unspecified atom stereocenters. The van der Waals surface area contributed by atoms with Crippen LogP contribution >= 0.6 is 0 Å². The SMILES string of the molecule is CCCCOc1ccc(CNC2CCC(=O)N(C)C2)cc1. The summed E-state index contributed by atoms with van der Waals surface area (Å²) >= 11 is 0. The quantitative estimate of drug-likeness (QED) is 0.785. The maximum Gasteiger partial charge on any atom is 0.222 e. The first kappa shape index (κ1) is 15.8. The van der Waals surface area contributed by atoms with Gasteiger partial charge < -0.3 is 15.0 Å². The summed E-state index contributed by atoms with van der Waals surface area (Å²) in [6.07, 6.45) is 3.83. The Morgan fingerprint density at radius 3 is 2.76 bits per heavy atom. The zero-order valence-corrected chi connectivity index (χ0v) is 13.1. The lowest BCUT2D eigenvalue weighted by atomic mass is 10.1. The minimum Gasteiger partial charge on any atom is -0.494 e. The highest BCUT2D eigenvalue weighted by atomic mass is 16.5. The molecule has 1 atom stereocenters. The number of nitrogens with zero attached hydrogens (tertiary/aromatic N) is 1. The predicted molar refractivity (Wildman–Crippen MR) is 84.3 cm³/mol. The Balaban J connectivity index is 1.74. The van der Waals surface area contributed by atoms with E-state index in [4.69, 9.17) is 4.74 Å². The molecular formula is C17H26N2O2. The molecule has 1 fully saturated rings. The van der Waals surface area contributed by atoms with Gasteiger partial charge in [-0.25, -0.2) is 0 Å². The van der Waals surface area contributed by atoms with Crippen LogP contribution in [0.25, 0.3) is 0 Å². The maximum atomic E-state index is 11.4. The van der Waals surface area contributed by atoms with Gasteiger partial charge in [0.15, 0.2) is 0 Å². The number of hydrogen-bond acceptors (Lipinski definition) is 3. The molecule has 0 radical (unpaired) electrons. The van der Waals surface area contributed by atoms with E-state index in [-0.39, 0.29) is 5.91 Å². The fourth-order valence-electron chi connectivity index (χ4n) is 2.48. The van der Waals surface area contributed by atoms with Crippen molar-refractivity contribution in [1.82, 2.24) is 10.2 Å². The zero-order chi connectivity index (χ0) is 15.1. The Morgan fingerprint density at radius 2 is 2.10 bits per heavy atom. The van der Waals surface area contributed by atoms with Crippen LogP contribution in [0.1, 0.15) is 38.2 Å². The molecule has 1 aromatic rings. The summed E-state index contributed by atoms with van der Waals surface area (Å²) in [5.74, 6) is 1.19. The zero-order valence-electron chi connectivity index (χ0n) is 13.1. The Labute approximate surface area is 127 Å². The van der Waals surface area contributed by atoms with Crippen molar-refractivity contribution in [3.8, 4) is 5.75 Å². The number of rotatable bonds is 7. The second-order valence-corrected chi connectivity index (χ2v) is 5.74. The highest BCUT2D eigenvalue weighted by Crippen LogP contribution is 2.14. The number of hydrogen-bond donors (Lipinski definition) is 1. The van der Waals surface area contributed by atoms with Gasteiger partial charge in [0, 0.05) is 32.6 Å². The monoisotopic (exact) mass is 290 g/mol. The van der Waals surface area contributed by atoms with E-state index in [1.807, 2.05) is 24.1 Å². The lowest BCUT2D eigenvalue weighted by Gasteiger charge is -2.30. The maximum absolute atomic E-state index is 11.4. The molecule has 0 aromatic heterocycles. The largest absolute Gasteiger partial charge is 0.494 e. The third-order valence-corrected chi connectivity index (χ3v) is 3.91. The Kier molecular flexibility index (Phi) is 6.05. The smallest absolute Gasteiger partial charge is 0.222 e. The molecule has 4 heteroatoms. The van der Waals surface area contributed by atoms with Gasteiger partial charge in [-0.1, -0.05) is 25.5 Å². The third-order valence-electron chi connectivity index (χ3n) is 3.91. The molecule has 0 aliphatic carbocycles. The first-order valence-electron chi connectivity index (χ1n) is 7.88. The van der Waals surface area contributed by atoms with Crippen molar-refractivity contribution in [2.45, 2.75) is 45.2 Å². The fraction of sp³-hybridized carbons (Fsp3) is 0.588. The summed E-state index contributed by atoms with van der Waals surface area (Å²) in [7, 11) is 1.87. The molecule has 1 N–H and O–H groups in total. The number of amides is 1. The number of benzene rings is 1. The van der Waals surface area contributed by atoms with E-state index < -0.39 is 0 Å². The topological polar surface area (TPSA) is 41.6 Å². The molecule has 1 saturated heterocycles. The minimum atomic E-state index is 0.252. The van der Waals surface area contributed by atoms with E-state index in [1.54, 1.807) is 0 Å². The van der Waals surface area contributed by atoms with Crippen molar-refractivity contribution in [2.24, 2.45) is 0 Å². The summed E-state index contributed by atoms with van der Waals surface area (Å²) in [4.78, 5) is 13.3. The molecule has 1 aliphatic heterocycles. The number of nitrogens with one attached hydrogen (secondary N) is 1. The first-order chi connectivity index (χ1) is 10.2. The van der Waals surface area contributed by atoms with Crippen LogP contribution in [0, 0.1) is 0 Å². The lowest BCUT2D eigenvalue weighted by molar-refractivity contribution is -0.132. The molecule has 21 heavy (non-hydrogen) atoms. The van der Waals surface area contributed by atoms with Gasteiger partial charge in [0.25, 0.3) is 0 Å². The molecular weight excluding hydrogens is 264 g/mol. The van der Waals surface area contributed by atoms with Crippen molar-refractivity contribution in [2.75, 3.05) is 20.2 Å². The normalized spacial score (nSPS) is 18.9. The van der Waals surface area contributed by atoms with E-state index in [9.17, 15) is 4.79 Å². The van der Waals surface area contributed by atoms with Crippen LogP contribution in [0.15, 0.2) is 24.3 Å². The number of piperidine rings is 1. The van der Waals surface area contributed by atoms with Crippen LogP contribution in [0.5, 0.6) is 5.75 Å². The first-order valence-corrected chi connectivity index (χ1v) is 7.88. The fourth-order valence-corrected chi connectivity index (χ4v) is 2.48. The van der Waals surface area contributed by atoms with Crippen molar-refractivity contribution in [3.05, 3.63) is 29.8 Å². The molecule has 1 heterocycles. The van der Waals surface area contributed by atoms with Crippen LogP contribution in [0.3, 0.4) is 0 Å². The summed E-state index contributed by atoms with van der Waals surface area (Å²) in [5, 5.41) is 3.53. The Bertz CT molecular complexity index is 445. The van der Waals surface area contributed by atoms with E-state index in [0.717, 1.165) is 44.7 Å². The number of unbranched alkanes of at least 4 members (excludes halogenated alkanes) is 1. The number of likely N-dealkylation sites (tertiary alicyclic amines) is 1. The van der Waals surface area contributed by atoms with Gasteiger partial charge in [0.1, 0.15) is 5.75 Å². The second-order valence-electron chi connectivity index (χ2n) is 5.74. The third kappa shape index (κ3) is 5.05. The van der Waals surface area contributed by atoms with Gasteiger partial charge in [0.05, 0.1) is 6.61 Å². The molecule has 4 nitrogen and oxygen atoms in total. The van der Waals surface area contributed by atoms with Crippen molar-refractivity contribution < 1.29 is 9.53 Å². The number of likely N-dealkylation sites (N-methyl/N-ethyl adjacent to an activating group) is 1. The average Bonchev–Trinajstić information content (AvgIpc) is 2.50. The van der Waals surface area contributed by atoms with Gasteiger partial charge in [-0.2, -0.15) is 0 Å². The van der Waals surface area contributed by atoms with Gasteiger partial charge in [-0.05, 0) is 30.5 Å². The van der Waals surface area contributed by atoms with Gasteiger partial charge >= 0.3 is 0 Å². The van der Waals surface area contributed by atoms with Crippen molar-refractivity contribution in [1.29, 1.82) is 0 Å². The van der Waals surface area contributed by atoms with Gasteiger partial charge in [0.2, 0.25) is 5.91 Å². The molecule has 0 spiro atoms. The van der Waals surface area contributed by atoms with Crippen LogP contribution in [0.4, 0.5) is 0 Å². The highest BCUT2D eigenvalue weighted by molar-refractivity contribution is 5.76. The number of carbonyl (C=O) groups is 1.